The summed E-state index contributed by atoms with van der Waals surface area (Å²) in [5.74, 6) is 1.00. The SMILES string of the molecule is CCc1ccc(NC(=O)c2cc(NC3CC3)nc(-c3ccccc3)n2)cc1. The van der Waals surface area contributed by atoms with Gasteiger partial charge in [-0.25, -0.2) is 9.97 Å². The standard InChI is InChI=1S/C22H22N4O/c1-2-15-8-10-18(11-9-15)24-22(27)19-14-20(23-17-12-13-17)26-21(25-19)16-6-4-3-5-7-16/h3-11,14,17H,2,12-13H2,1H3,(H,24,27)(H,23,25,26). The predicted molar refractivity (Wildman–Crippen MR) is 108 cm³/mol. The molecule has 1 saturated carbocycles. The fourth-order valence-electron chi connectivity index (χ4n) is 2.81. The second kappa shape index (κ2) is 7.58. The van der Waals surface area contributed by atoms with E-state index in [1.807, 2.05) is 54.6 Å². The van der Waals surface area contributed by atoms with Crippen LogP contribution in [-0.2, 0) is 6.42 Å². The number of aromatic nitrogens is 2. The van der Waals surface area contributed by atoms with E-state index in [-0.39, 0.29) is 5.91 Å². The molecule has 1 amide bonds. The van der Waals surface area contributed by atoms with E-state index >= 15 is 0 Å². The molecule has 0 spiro atoms. The Kier molecular flexibility index (Phi) is 4.83. The highest BCUT2D eigenvalue weighted by molar-refractivity contribution is 6.03. The topological polar surface area (TPSA) is 66.9 Å². The van der Waals surface area contributed by atoms with Crippen molar-refractivity contribution in [2.45, 2.75) is 32.2 Å². The highest BCUT2D eigenvalue weighted by Crippen LogP contribution is 2.26. The minimum Gasteiger partial charge on any atom is -0.367 e. The highest BCUT2D eigenvalue weighted by Gasteiger charge is 2.22. The number of carbonyl (C=O) groups is 1. The summed E-state index contributed by atoms with van der Waals surface area (Å²) in [4.78, 5) is 21.9. The largest absolute Gasteiger partial charge is 0.367 e. The molecule has 27 heavy (non-hydrogen) atoms. The molecule has 4 rings (SSSR count). The molecule has 0 unspecified atom stereocenters. The summed E-state index contributed by atoms with van der Waals surface area (Å²) in [5.41, 5.74) is 3.23. The number of hydrogen-bond acceptors (Lipinski definition) is 4. The van der Waals surface area contributed by atoms with Crippen molar-refractivity contribution in [1.29, 1.82) is 0 Å². The zero-order valence-corrected chi connectivity index (χ0v) is 15.3. The number of carbonyl (C=O) groups excluding carboxylic acids is 1. The van der Waals surface area contributed by atoms with Crippen LogP contribution in [0, 0.1) is 0 Å². The molecular formula is C22H22N4O. The van der Waals surface area contributed by atoms with Gasteiger partial charge >= 0.3 is 0 Å². The van der Waals surface area contributed by atoms with E-state index in [1.165, 1.54) is 5.56 Å². The molecule has 1 aliphatic rings. The van der Waals surface area contributed by atoms with Gasteiger partial charge in [0.15, 0.2) is 5.82 Å². The van der Waals surface area contributed by atoms with Crippen LogP contribution in [0.3, 0.4) is 0 Å². The van der Waals surface area contributed by atoms with Gasteiger partial charge in [-0.15, -0.1) is 0 Å². The number of anilines is 2. The molecule has 136 valence electrons. The van der Waals surface area contributed by atoms with Gasteiger partial charge in [0.25, 0.3) is 5.91 Å². The third kappa shape index (κ3) is 4.31. The molecule has 0 aliphatic heterocycles. The number of aryl methyl sites for hydroxylation is 1. The van der Waals surface area contributed by atoms with Crippen LogP contribution in [0.2, 0.25) is 0 Å². The van der Waals surface area contributed by atoms with Crippen LogP contribution < -0.4 is 10.6 Å². The molecule has 0 saturated heterocycles. The molecule has 1 fully saturated rings. The zero-order chi connectivity index (χ0) is 18.6. The number of rotatable bonds is 6. The van der Waals surface area contributed by atoms with E-state index in [4.69, 9.17) is 0 Å². The molecule has 1 aliphatic carbocycles. The van der Waals surface area contributed by atoms with E-state index in [1.54, 1.807) is 6.07 Å². The Labute approximate surface area is 158 Å². The number of benzene rings is 2. The van der Waals surface area contributed by atoms with Crippen LogP contribution in [0.15, 0.2) is 60.7 Å². The molecule has 2 aromatic carbocycles. The van der Waals surface area contributed by atoms with E-state index in [0.717, 1.165) is 30.5 Å². The molecule has 0 radical (unpaired) electrons. The molecule has 1 aromatic heterocycles. The third-order valence-electron chi connectivity index (χ3n) is 4.54. The van der Waals surface area contributed by atoms with Crippen molar-refractivity contribution in [2.24, 2.45) is 0 Å². The first-order valence-electron chi connectivity index (χ1n) is 9.32. The molecular weight excluding hydrogens is 336 g/mol. The fourth-order valence-corrected chi connectivity index (χ4v) is 2.81. The monoisotopic (exact) mass is 358 g/mol. The highest BCUT2D eigenvalue weighted by atomic mass is 16.1. The summed E-state index contributed by atoms with van der Waals surface area (Å²) in [6, 6.07) is 19.8. The van der Waals surface area contributed by atoms with Crippen molar-refractivity contribution >= 4 is 17.4 Å². The minimum absolute atomic E-state index is 0.238. The third-order valence-corrected chi connectivity index (χ3v) is 4.54. The summed E-state index contributed by atoms with van der Waals surface area (Å²) in [6.45, 7) is 2.11. The van der Waals surface area contributed by atoms with Crippen LogP contribution in [0.25, 0.3) is 11.4 Å². The maximum Gasteiger partial charge on any atom is 0.274 e. The van der Waals surface area contributed by atoms with Crippen molar-refractivity contribution in [1.82, 2.24) is 9.97 Å². The molecule has 1 heterocycles. The molecule has 0 bridgehead atoms. The quantitative estimate of drug-likeness (QED) is 0.679. The maximum atomic E-state index is 12.8. The molecule has 0 atom stereocenters. The lowest BCUT2D eigenvalue weighted by Gasteiger charge is -2.10. The summed E-state index contributed by atoms with van der Waals surface area (Å²) in [5, 5.41) is 6.30. The van der Waals surface area contributed by atoms with Crippen molar-refractivity contribution < 1.29 is 4.79 Å². The lowest BCUT2D eigenvalue weighted by molar-refractivity contribution is 0.102. The number of nitrogens with zero attached hydrogens (tertiary/aromatic N) is 2. The predicted octanol–water partition coefficient (Wildman–Crippen LogP) is 4.53. The number of hydrogen-bond donors (Lipinski definition) is 2. The zero-order valence-electron chi connectivity index (χ0n) is 15.3. The summed E-state index contributed by atoms with van der Waals surface area (Å²) < 4.78 is 0. The van der Waals surface area contributed by atoms with E-state index in [0.29, 0.717) is 23.4 Å². The summed E-state index contributed by atoms with van der Waals surface area (Å²) in [7, 11) is 0. The van der Waals surface area contributed by atoms with Crippen LogP contribution in [0.5, 0.6) is 0 Å². The summed E-state index contributed by atoms with van der Waals surface area (Å²) >= 11 is 0. The molecule has 3 aromatic rings. The Bertz CT molecular complexity index is 934. The Morgan fingerprint density at radius 3 is 2.44 bits per heavy atom. The van der Waals surface area contributed by atoms with Gasteiger partial charge in [-0.3, -0.25) is 4.79 Å². The molecule has 2 N–H and O–H groups in total. The van der Waals surface area contributed by atoms with Gasteiger partial charge < -0.3 is 10.6 Å². The molecule has 5 heteroatoms. The second-order valence-corrected chi connectivity index (χ2v) is 6.75. The first-order valence-corrected chi connectivity index (χ1v) is 9.32. The van der Waals surface area contributed by atoms with Gasteiger partial charge in [0.05, 0.1) is 0 Å². The van der Waals surface area contributed by atoms with Gasteiger partial charge in [-0.1, -0.05) is 49.4 Å². The van der Waals surface area contributed by atoms with E-state index < -0.39 is 0 Å². The van der Waals surface area contributed by atoms with E-state index in [9.17, 15) is 4.79 Å². The molecule has 5 nitrogen and oxygen atoms in total. The van der Waals surface area contributed by atoms with Crippen LogP contribution in [-0.4, -0.2) is 21.9 Å². The van der Waals surface area contributed by atoms with Gasteiger partial charge in [0, 0.05) is 23.4 Å². The average molecular weight is 358 g/mol. The van der Waals surface area contributed by atoms with Crippen molar-refractivity contribution in [3.8, 4) is 11.4 Å². The van der Waals surface area contributed by atoms with Crippen molar-refractivity contribution in [3.63, 3.8) is 0 Å². The van der Waals surface area contributed by atoms with Crippen molar-refractivity contribution in [3.05, 3.63) is 71.9 Å². The smallest absolute Gasteiger partial charge is 0.274 e. The minimum atomic E-state index is -0.238. The average Bonchev–Trinajstić information content (AvgIpc) is 3.53. The fraction of sp³-hybridized carbons (Fsp3) is 0.227. The lowest BCUT2D eigenvalue weighted by Crippen LogP contribution is -2.16. The lowest BCUT2D eigenvalue weighted by atomic mass is 10.1. The first-order chi connectivity index (χ1) is 13.2. The van der Waals surface area contributed by atoms with Crippen LogP contribution >= 0.6 is 0 Å². The van der Waals surface area contributed by atoms with Crippen LogP contribution in [0.1, 0.15) is 35.8 Å². The first kappa shape index (κ1) is 17.2. The van der Waals surface area contributed by atoms with Gasteiger partial charge in [0.1, 0.15) is 11.5 Å². The Hall–Kier alpha value is -3.21. The Morgan fingerprint density at radius 1 is 1.04 bits per heavy atom. The van der Waals surface area contributed by atoms with Gasteiger partial charge in [-0.2, -0.15) is 0 Å². The van der Waals surface area contributed by atoms with Crippen LogP contribution in [0.4, 0.5) is 11.5 Å². The maximum absolute atomic E-state index is 12.8. The van der Waals surface area contributed by atoms with Gasteiger partial charge in [-0.05, 0) is 37.0 Å². The van der Waals surface area contributed by atoms with Gasteiger partial charge in [0.2, 0.25) is 0 Å². The van der Waals surface area contributed by atoms with Crippen molar-refractivity contribution in [2.75, 3.05) is 10.6 Å². The Morgan fingerprint density at radius 2 is 1.78 bits per heavy atom. The second-order valence-electron chi connectivity index (χ2n) is 6.75. The Balaban J connectivity index is 1.62. The number of nitrogens with one attached hydrogen (secondary N) is 2. The van der Waals surface area contributed by atoms with E-state index in [2.05, 4.69) is 27.5 Å². The summed E-state index contributed by atoms with van der Waals surface area (Å²) in [6.07, 6.45) is 3.24. The normalized spacial score (nSPS) is 13.2. The number of amides is 1.